The summed E-state index contributed by atoms with van der Waals surface area (Å²) in [4.78, 5) is 0.544. The molecule has 0 heterocycles. The average Bonchev–Trinajstić information content (AvgIpc) is 2.18. The summed E-state index contributed by atoms with van der Waals surface area (Å²) in [6.07, 6.45) is 0.733. The molecule has 6 atom stereocenters. The van der Waals surface area contributed by atoms with Gasteiger partial charge in [-0.2, -0.15) is 0 Å². The van der Waals surface area contributed by atoms with Gasteiger partial charge < -0.3 is 0 Å². The van der Waals surface area contributed by atoms with Crippen LogP contribution in [0.5, 0.6) is 0 Å². The van der Waals surface area contributed by atoms with E-state index in [2.05, 4.69) is 15.9 Å². The van der Waals surface area contributed by atoms with Crippen LogP contribution in [0.15, 0.2) is 0 Å². The molecule has 0 saturated heterocycles. The molecule has 2 heteroatoms. The first-order valence-electron chi connectivity index (χ1n) is 3.59. The highest BCUT2D eigenvalue weighted by molar-refractivity contribution is 9.09. The van der Waals surface area contributed by atoms with Crippen molar-refractivity contribution >= 4 is 15.9 Å². The van der Waals surface area contributed by atoms with E-state index in [4.69, 9.17) is 0 Å². The van der Waals surface area contributed by atoms with E-state index in [1.807, 2.05) is 0 Å². The van der Waals surface area contributed by atoms with Gasteiger partial charge in [-0.05, 0) is 24.2 Å². The van der Waals surface area contributed by atoms with Gasteiger partial charge in [0.15, 0.2) is 0 Å². The molecule has 0 aliphatic heterocycles. The van der Waals surface area contributed by atoms with Crippen molar-refractivity contribution in [3.8, 4) is 0 Å². The molecular weight excluding hydrogens is 183 g/mol. The van der Waals surface area contributed by atoms with Crippen LogP contribution in [0.2, 0.25) is 0 Å². The molecular formula is C7H8BrF. The smallest absolute Gasteiger partial charge is 0.107 e. The van der Waals surface area contributed by atoms with Crippen LogP contribution in [-0.2, 0) is 0 Å². The largest absolute Gasteiger partial charge is 0.247 e. The van der Waals surface area contributed by atoms with Gasteiger partial charge in [-0.1, -0.05) is 15.9 Å². The number of rotatable bonds is 0. The maximum absolute atomic E-state index is 13.0. The van der Waals surface area contributed by atoms with Gasteiger partial charge in [0.2, 0.25) is 0 Å². The average molecular weight is 191 g/mol. The highest BCUT2D eigenvalue weighted by Gasteiger charge is 2.73. The minimum absolute atomic E-state index is 0.394. The first-order valence-corrected chi connectivity index (χ1v) is 4.50. The van der Waals surface area contributed by atoms with Gasteiger partial charge in [-0.25, -0.2) is 4.39 Å². The molecule has 0 unspecified atom stereocenters. The molecule has 50 valence electrons. The van der Waals surface area contributed by atoms with Crippen LogP contribution < -0.4 is 0 Å². The molecule has 4 rings (SSSR count). The van der Waals surface area contributed by atoms with E-state index < -0.39 is 6.17 Å². The highest BCUT2D eigenvalue weighted by Crippen LogP contribution is 2.73. The molecule has 4 bridgehead atoms. The quantitative estimate of drug-likeness (QED) is 0.513. The second kappa shape index (κ2) is 1.23. The molecule has 4 saturated carbocycles. The van der Waals surface area contributed by atoms with Crippen LogP contribution >= 0.6 is 15.9 Å². The monoisotopic (exact) mass is 190 g/mol. The van der Waals surface area contributed by atoms with Crippen LogP contribution in [0.4, 0.5) is 4.39 Å². The van der Waals surface area contributed by atoms with E-state index in [0.717, 1.165) is 11.8 Å². The Balaban J connectivity index is 2.07. The lowest BCUT2D eigenvalue weighted by atomic mass is 10.1. The van der Waals surface area contributed by atoms with Crippen molar-refractivity contribution < 1.29 is 4.39 Å². The van der Waals surface area contributed by atoms with E-state index >= 15 is 0 Å². The van der Waals surface area contributed by atoms with Crippen LogP contribution in [-0.4, -0.2) is 11.0 Å². The predicted octanol–water partition coefficient (Wildman–Crippen LogP) is 1.98. The van der Waals surface area contributed by atoms with Crippen LogP contribution in [0, 0.1) is 23.7 Å². The minimum atomic E-state index is -0.440. The molecule has 9 heavy (non-hydrogen) atoms. The zero-order valence-corrected chi connectivity index (χ0v) is 6.51. The standard InChI is InChI=1S/C7H8BrF/c8-6-3-1-2-4(6)5(2)7(3)9/h2-7H,1H2/t2-,3+,4+,5-,6-,7+/m0/s1. The Hall–Kier alpha value is 0.410. The fraction of sp³-hybridized carbons (Fsp3) is 1.00. The van der Waals surface area contributed by atoms with Gasteiger partial charge >= 0.3 is 0 Å². The van der Waals surface area contributed by atoms with Gasteiger partial charge in [-0.3, -0.25) is 0 Å². The van der Waals surface area contributed by atoms with Crippen LogP contribution in [0.1, 0.15) is 6.42 Å². The Labute approximate surface area is 61.9 Å². The molecule has 0 nitrogen and oxygen atoms in total. The summed E-state index contributed by atoms with van der Waals surface area (Å²) in [7, 11) is 0. The summed E-state index contributed by atoms with van der Waals surface area (Å²) in [6.45, 7) is 0. The Bertz CT molecular complexity index is 150. The van der Waals surface area contributed by atoms with Gasteiger partial charge in [0.25, 0.3) is 0 Å². The van der Waals surface area contributed by atoms with Crippen LogP contribution in [0.3, 0.4) is 0 Å². The third kappa shape index (κ3) is 0.374. The number of alkyl halides is 2. The molecule has 0 amide bonds. The lowest BCUT2D eigenvalue weighted by Crippen LogP contribution is -2.10. The van der Waals surface area contributed by atoms with E-state index in [-0.39, 0.29) is 0 Å². The summed E-state index contributed by atoms with van der Waals surface area (Å²) in [5, 5.41) is 0. The maximum Gasteiger partial charge on any atom is 0.107 e. The summed E-state index contributed by atoms with van der Waals surface area (Å²) >= 11 is 3.55. The zero-order chi connectivity index (χ0) is 6.17. The fourth-order valence-corrected chi connectivity index (χ4v) is 4.21. The summed E-state index contributed by atoms with van der Waals surface area (Å²) in [5.41, 5.74) is 0. The third-order valence-electron chi connectivity index (χ3n) is 3.39. The topological polar surface area (TPSA) is 0 Å². The summed E-state index contributed by atoms with van der Waals surface area (Å²) in [5.74, 6) is 2.41. The van der Waals surface area contributed by atoms with Crippen molar-refractivity contribution in [1.29, 1.82) is 0 Å². The molecule has 4 aliphatic rings. The molecule has 0 aromatic carbocycles. The molecule has 0 aromatic heterocycles. The lowest BCUT2D eigenvalue weighted by molar-refractivity contribution is 0.274. The lowest BCUT2D eigenvalue weighted by Gasteiger charge is -2.06. The van der Waals surface area contributed by atoms with Crippen molar-refractivity contribution in [3.63, 3.8) is 0 Å². The molecule has 0 N–H and O–H groups in total. The maximum atomic E-state index is 13.0. The van der Waals surface area contributed by atoms with Crippen molar-refractivity contribution in [1.82, 2.24) is 0 Å². The van der Waals surface area contributed by atoms with Crippen LogP contribution in [0.25, 0.3) is 0 Å². The molecule has 4 aliphatic carbocycles. The molecule has 0 radical (unpaired) electrons. The van der Waals surface area contributed by atoms with Gasteiger partial charge in [0.05, 0.1) is 0 Å². The van der Waals surface area contributed by atoms with Gasteiger partial charge in [-0.15, -0.1) is 0 Å². The molecule has 4 fully saturated rings. The Kier molecular flexibility index (Phi) is 0.696. The number of hydrogen-bond donors (Lipinski definition) is 0. The summed E-state index contributed by atoms with van der Waals surface area (Å²) in [6, 6.07) is 0. The van der Waals surface area contributed by atoms with Crippen molar-refractivity contribution in [2.75, 3.05) is 0 Å². The minimum Gasteiger partial charge on any atom is -0.247 e. The second-order valence-electron chi connectivity index (χ2n) is 3.61. The Morgan fingerprint density at radius 2 is 2.00 bits per heavy atom. The Morgan fingerprint density at radius 3 is 2.11 bits per heavy atom. The molecule has 0 aromatic rings. The SMILES string of the molecule is F[C@@H]1[C@@H]2C[C@H]3[C@@H]([C@H]2Br)[C@@H]13. The number of hydrogen-bond acceptors (Lipinski definition) is 0. The van der Waals surface area contributed by atoms with Crippen molar-refractivity contribution in [3.05, 3.63) is 0 Å². The van der Waals surface area contributed by atoms with Gasteiger partial charge in [0, 0.05) is 10.7 Å². The predicted molar refractivity (Wildman–Crippen MR) is 36.2 cm³/mol. The van der Waals surface area contributed by atoms with E-state index in [9.17, 15) is 4.39 Å². The number of halogens is 2. The normalized spacial score (nSPS) is 75.3. The van der Waals surface area contributed by atoms with Gasteiger partial charge in [0.1, 0.15) is 6.17 Å². The van der Waals surface area contributed by atoms with E-state index in [1.165, 1.54) is 6.42 Å². The first kappa shape index (κ1) is 5.11. The van der Waals surface area contributed by atoms with Crippen molar-refractivity contribution in [2.45, 2.75) is 17.4 Å². The highest BCUT2D eigenvalue weighted by atomic mass is 79.9. The zero-order valence-electron chi connectivity index (χ0n) is 4.93. The third-order valence-corrected chi connectivity index (χ3v) is 4.68. The van der Waals surface area contributed by atoms with Crippen molar-refractivity contribution in [2.24, 2.45) is 23.7 Å². The Morgan fingerprint density at radius 1 is 1.22 bits per heavy atom. The summed E-state index contributed by atoms with van der Waals surface area (Å²) < 4.78 is 13.0. The van der Waals surface area contributed by atoms with E-state index in [0.29, 0.717) is 16.7 Å². The first-order chi connectivity index (χ1) is 4.30. The van der Waals surface area contributed by atoms with E-state index in [1.54, 1.807) is 0 Å². The second-order valence-corrected chi connectivity index (χ2v) is 4.66. The fourth-order valence-electron chi connectivity index (χ4n) is 2.96. The molecule has 0 spiro atoms.